The molecule has 0 aliphatic carbocycles. The second-order valence-corrected chi connectivity index (χ2v) is 18.7. The van der Waals surface area contributed by atoms with Crippen molar-refractivity contribution < 1.29 is 0 Å². The summed E-state index contributed by atoms with van der Waals surface area (Å²) in [7, 11) is 0. The van der Waals surface area contributed by atoms with E-state index in [4.69, 9.17) is 15.0 Å². The predicted octanol–water partition coefficient (Wildman–Crippen LogP) is 18.1. The lowest BCUT2D eigenvalue weighted by molar-refractivity contribution is 1.07. The molecule has 2 heterocycles. The van der Waals surface area contributed by atoms with Crippen molar-refractivity contribution in [3.8, 4) is 84.4 Å². The summed E-state index contributed by atoms with van der Waals surface area (Å²) in [6.45, 7) is 0. The first-order valence-corrected chi connectivity index (χ1v) is 24.8. The molecule has 0 aliphatic rings. The van der Waals surface area contributed by atoms with Crippen molar-refractivity contribution in [3.63, 3.8) is 0 Å². The SMILES string of the molecule is c1ccc(-c2cccc(-c3ccc4c5ccccc5n(-c5cc(-c6ccc(-c7ccc(-c8nc(-c9ccccc9)nc(-c9ccccc9)n8)cc7)cc6)cc6c7ccccc7c7ccccc7c56)c4c3)c2)cc1. The van der Waals surface area contributed by atoms with Crippen LogP contribution in [0.3, 0.4) is 0 Å². The molecule has 0 spiro atoms. The van der Waals surface area contributed by atoms with E-state index in [0.29, 0.717) is 17.5 Å². The average Bonchev–Trinajstić information content (AvgIpc) is 3.81. The Morgan fingerprint density at radius 2 is 0.575 bits per heavy atom. The van der Waals surface area contributed by atoms with Crippen molar-refractivity contribution in [2.75, 3.05) is 0 Å². The third kappa shape index (κ3) is 7.44. The lowest BCUT2D eigenvalue weighted by Crippen LogP contribution is -2.00. The zero-order chi connectivity index (χ0) is 48.2. The number of fused-ring (bicyclic) bond motifs is 9. The maximum absolute atomic E-state index is 4.97. The molecule has 4 nitrogen and oxygen atoms in total. The van der Waals surface area contributed by atoms with Gasteiger partial charge in [-0.25, -0.2) is 15.0 Å². The predicted molar refractivity (Wildman–Crippen MR) is 305 cm³/mol. The van der Waals surface area contributed by atoms with Gasteiger partial charge in [-0.2, -0.15) is 0 Å². The van der Waals surface area contributed by atoms with Crippen molar-refractivity contribution >= 4 is 54.1 Å². The summed E-state index contributed by atoms with van der Waals surface area (Å²) in [6, 6.07) is 95.9. The van der Waals surface area contributed by atoms with Crippen LogP contribution in [0.5, 0.6) is 0 Å². The molecule has 4 heteroatoms. The molecule has 2 aromatic heterocycles. The molecule has 14 rings (SSSR count). The molecule has 0 radical (unpaired) electrons. The molecule has 0 fully saturated rings. The second kappa shape index (κ2) is 17.6. The minimum atomic E-state index is 0.638. The molecule has 0 atom stereocenters. The first kappa shape index (κ1) is 42.1. The fourth-order valence-corrected chi connectivity index (χ4v) is 10.9. The zero-order valence-corrected chi connectivity index (χ0v) is 39.7. The van der Waals surface area contributed by atoms with E-state index in [1.807, 2.05) is 60.7 Å². The standard InChI is InChI=1S/C69H44N4/c1-4-17-45(18-5-1)52-23-16-24-53(41-52)54-39-40-60-59-28-14-15-30-63(59)73(64(60)43-54)65-44-55(42-62-58-27-11-10-25-56(58)57-26-12-13-29-61(57)66(62)65)48-33-31-46(32-34-48)47-35-37-51(38-36-47)69-71-67(49-19-6-2-7-20-49)70-68(72-69)50-21-8-3-9-22-50/h1-44H. The van der Waals surface area contributed by atoms with Gasteiger partial charge in [0.05, 0.1) is 16.7 Å². The number of rotatable bonds is 8. The summed E-state index contributed by atoms with van der Waals surface area (Å²) < 4.78 is 2.52. The van der Waals surface area contributed by atoms with Gasteiger partial charge >= 0.3 is 0 Å². The quantitative estimate of drug-likeness (QED) is 0.143. The molecule has 340 valence electrons. The monoisotopic (exact) mass is 928 g/mol. The van der Waals surface area contributed by atoms with Gasteiger partial charge in [0.15, 0.2) is 17.5 Å². The Hall–Kier alpha value is -9.77. The lowest BCUT2D eigenvalue weighted by Gasteiger charge is -2.19. The molecule has 0 unspecified atom stereocenters. The Bertz CT molecular complexity index is 4330. The number of nitrogens with zero attached hydrogens (tertiary/aromatic N) is 4. The van der Waals surface area contributed by atoms with Crippen LogP contribution in [0.15, 0.2) is 267 Å². The van der Waals surface area contributed by atoms with Gasteiger partial charge in [-0.05, 0) is 102 Å². The smallest absolute Gasteiger partial charge is 0.164 e. The second-order valence-electron chi connectivity index (χ2n) is 18.7. The Morgan fingerprint density at radius 1 is 0.205 bits per heavy atom. The van der Waals surface area contributed by atoms with Crippen LogP contribution in [0, 0.1) is 0 Å². The van der Waals surface area contributed by atoms with E-state index in [0.717, 1.165) is 44.6 Å². The number of hydrogen-bond acceptors (Lipinski definition) is 3. The van der Waals surface area contributed by atoms with Gasteiger partial charge in [-0.15, -0.1) is 0 Å². The molecule has 0 aliphatic heterocycles. The van der Waals surface area contributed by atoms with Gasteiger partial charge in [0, 0.05) is 32.8 Å². The van der Waals surface area contributed by atoms with Crippen LogP contribution in [0.25, 0.3) is 138 Å². The largest absolute Gasteiger partial charge is 0.309 e. The molecule has 0 N–H and O–H groups in total. The maximum atomic E-state index is 4.97. The van der Waals surface area contributed by atoms with Crippen LogP contribution in [0.2, 0.25) is 0 Å². The summed E-state index contributed by atoms with van der Waals surface area (Å²) in [6.07, 6.45) is 0. The fourth-order valence-electron chi connectivity index (χ4n) is 10.9. The van der Waals surface area contributed by atoms with E-state index < -0.39 is 0 Å². The molecule has 0 saturated carbocycles. The van der Waals surface area contributed by atoms with Crippen molar-refractivity contribution in [3.05, 3.63) is 267 Å². The number of para-hydroxylation sites is 1. The summed E-state index contributed by atoms with van der Waals surface area (Å²) in [5.74, 6) is 1.93. The molecule has 73 heavy (non-hydrogen) atoms. The van der Waals surface area contributed by atoms with Crippen LogP contribution in [-0.4, -0.2) is 19.5 Å². The summed E-state index contributed by atoms with van der Waals surface area (Å²) in [5.41, 5.74) is 15.6. The highest BCUT2D eigenvalue weighted by molar-refractivity contribution is 6.28. The number of aromatic nitrogens is 4. The van der Waals surface area contributed by atoms with Crippen molar-refractivity contribution in [2.45, 2.75) is 0 Å². The topological polar surface area (TPSA) is 43.6 Å². The highest BCUT2D eigenvalue weighted by Crippen LogP contribution is 2.44. The summed E-state index contributed by atoms with van der Waals surface area (Å²) in [5, 5.41) is 9.88. The minimum Gasteiger partial charge on any atom is -0.309 e. The van der Waals surface area contributed by atoms with Crippen molar-refractivity contribution in [1.29, 1.82) is 0 Å². The van der Waals surface area contributed by atoms with Crippen LogP contribution in [0.4, 0.5) is 0 Å². The average molecular weight is 929 g/mol. The van der Waals surface area contributed by atoms with Crippen LogP contribution < -0.4 is 0 Å². The van der Waals surface area contributed by atoms with Crippen LogP contribution in [-0.2, 0) is 0 Å². The first-order chi connectivity index (χ1) is 36.2. The zero-order valence-electron chi connectivity index (χ0n) is 39.7. The highest BCUT2D eigenvalue weighted by atomic mass is 15.0. The molecular weight excluding hydrogens is 885 g/mol. The first-order valence-electron chi connectivity index (χ1n) is 24.8. The van der Waals surface area contributed by atoms with Gasteiger partial charge < -0.3 is 4.57 Å². The van der Waals surface area contributed by atoms with E-state index in [-0.39, 0.29) is 0 Å². The van der Waals surface area contributed by atoms with Gasteiger partial charge in [0.1, 0.15) is 0 Å². The summed E-state index contributed by atoms with van der Waals surface area (Å²) in [4.78, 5) is 14.8. The maximum Gasteiger partial charge on any atom is 0.164 e. The fraction of sp³-hybridized carbons (Fsp3) is 0. The van der Waals surface area contributed by atoms with Gasteiger partial charge in [-0.1, -0.05) is 237 Å². The van der Waals surface area contributed by atoms with Crippen LogP contribution in [0.1, 0.15) is 0 Å². The number of hydrogen-bond donors (Lipinski definition) is 0. The van der Waals surface area contributed by atoms with Crippen LogP contribution >= 0.6 is 0 Å². The van der Waals surface area contributed by atoms with E-state index in [1.165, 1.54) is 76.4 Å². The van der Waals surface area contributed by atoms with E-state index in [2.05, 4.69) is 211 Å². The number of benzene rings is 12. The minimum absolute atomic E-state index is 0.638. The molecule has 0 bridgehead atoms. The van der Waals surface area contributed by atoms with E-state index >= 15 is 0 Å². The van der Waals surface area contributed by atoms with Gasteiger partial charge in [0.2, 0.25) is 0 Å². The van der Waals surface area contributed by atoms with Crippen molar-refractivity contribution in [1.82, 2.24) is 19.5 Å². The Morgan fingerprint density at radius 3 is 1.16 bits per heavy atom. The highest BCUT2D eigenvalue weighted by Gasteiger charge is 2.21. The van der Waals surface area contributed by atoms with E-state index in [9.17, 15) is 0 Å². The Kier molecular flexibility index (Phi) is 10.1. The molecule has 0 saturated heterocycles. The molecule has 12 aromatic carbocycles. The molecule has 14 aromatic rings. The third-order valence-electron chi connectivity index (χ3n) is 14.4. The lowest BCUT2D eigenvalue weighted by atomic mass is 9.90. The van der Waals surface area contributed by atoms with Gasteiger partial charge in [0.25, 0.3) is 0 Å². The normalized spacial score (nSPS) is 11.6. The molecule has 0 amide bonds. The third-order valence-corrected chi connectivity index (χ3v) is 14.4. The Labute approximate surface area is 422 Å². The summed E-state index contributed by atoms with van der Waals surface area (Å²) >= 11 is 0. The van der Waals surface area contributed by atoms with E-state index in [1.54, 1.807) is 0 Å². The van der Waals surface area contributed by atoms with Crippen molar-refractivity contribution in [2.24, 2.45) is 0 Å². The molecular formula is C69H44N4. The Balaban J connectivity index is 0.909. The van der Waals surface area contributed by atoms with Gasteiger partial charge in [-0.3, -0.25) is 0 Å².